The summed E-state index contributed by atoms with van der Waals surface area (Å²) in [6.07, 6.45) is -0.276. The van der Waals surface area contributed by atoms with E-state index in [4.69, 9.17) is 4.74 Å². The fourth-order valence-electron chi connectivity index (χ4n) is 2.23. The summed E-state index contributed by atoms with van der Waals surface area (Å²) in [5, 5.41) is 4.67. The molecule has 24 heavy (non-hydrogen) atoms. The van der Waals surface area contributed by atoms with E-state index in [1.165, 1.54) is 16.9 Å². The SMILES string of the molecule is Cc1ccc(CNC(=O)[C@@H](CC(C)C)OC(=O)c2cccs2)cc1. The van der Waals surface area contributed by atoms with Crippen molar-refractivity contribution in [2.45, 2.75) is 39.8 Å². The lowest BCUT2D eigenvalue weighted by Crippen LogP contribution is -2.38. The Morgan fingerprint density at radius 2 is 1.88 bits per heavy atom. The molecule has 0 fully saturated rings. The Kier molecular flexibility index (Phi) is 6.55. The van der Waals surface area contributed by atoms with Gasteiger partial charge in [0, 0.05) is 6.54 Å². The van der Waals surface area contributed by atoms with Crippen LogP contribution in [0.15, 0.2) is 41.8 Å². The second-order valence-electron chi connectivity index (χ2n) is 6.20. The minimum Gasteiger partial charge on any atom is -0.448 e. The first kappa shape index (κ1) is 18.2. The van der Waals surface area contributed by atoms with E-state index in [0.29, 0.717) is 17.8 Å². The first-order valence-corrected chi connectivity index (χ1v) is 8.91. The van der Waals surface area contributed by atoms with Crippen molar-refractivity contribution in [2.24, 2.45) is 5.92 Å². The van der Waals surface area contributed by atoms with Gasteiger partial charge < -0.3 is 10.1 Å². The van der Waals surface area contributed by atoms with Crippen LogP contribution in [0.5, 0.6) is 0 Å². The van der Waals surface area contributed by atoms with E-state index in [2.05, 4.69) is 5.32 Å². The Morgan fingerprint density at radius 3 is 2.46 bits per heavy atom. The third-order valence-corrected chi connectivity index (χ3v) is 4.39. The van der Waals surface area contributed by atoms with Crippen molar-refractivity contribution in [1.29, 1.82) is 0 Å². The van der Waals surface area contributed by atoms with Crippen LogP contribution in [0.2, 0.25) is 0 Å². The molecule has 0 saturated carbocycles. The van der Waals surface area contributed by atoms with Crippen molar-refractivity contribution in [3.8, 4) is 0 Å². The third-order valence-electron chi connectivity index (χ3n) is 3.54. The van der Waals surface area contributed by atoms with Crippen molar-refractivity contribution in [3.63, 3.8) is 0 Å². The van der Waals surface area contributed by atoms with Gasteiger partial charge in [-0.2, -0.15) is 0 Å². The third kappa shape index (κ3) is 5.49. The van der Waals surface area contributed by atoms with E-state index in [0.717, 1.165) is 5.56 Å². The first-order valence-electron chi connectivity index (χ1n) is 8.03. The second-order valence-corrected chi connectivity index (χ2v) is 7.15. The second kappa shape index (κ2) is 8.64. The first-order chi connectivity index (χ1) is 11.5. The van der Waals surface area contributed by atoms with Crippen LogP contribution in [0.3, 0.4) is 0 Å². The molecule has 1 atom stereocenters. The fraction of sp³-hybridized carbons (Fsp3) is 0.368. The summed E-state index contributed by atoms with van der Waals surface area (Å²) in [6, 6.07) is 11.4. The number of benzene rings is 1. The highest BCUT2D eigenvalue weighted by Crippen LogP contribution is 2.15. The molecule has 128 valence electrons. The standard InChI is InChI=1S/C19H23NO3S/c1-13(2)11-16(23-19(22)17-5-4-10-24-17)18(21)20-12-15-8-6-14(3)7-9-15/h4-10,13,16H,11-12H2,1-3H3,(H,20,21)/t16-/m1/s1. The normalized spacial score (nSPS) is 12.0. The maximum absolute atomic E-state index is 12.4. The largest absolute Gasteiger partial charge is 0.448 e. The molecular formula is C19H23NO3S. The number of thiophene rings is 1. The number of carbonyl (C=O) groups excluding carboxylic acids is 2. The smallest absolute Gasteiger partial charge is 0.349 e. The molecule has 1 aromatic heterocycles. The molecule has 1 N–H and O–H groups in total. The van der Waals surface area contributed by atoms with Crippen LogP contribution in [0.4, 0.5) is 0 Å². The summed E-state index contributed by atoms with van der Waals surface area (Å²) < 4.78 is 5.43. The zero-order chi connectivity index (χ0) is 17.5. The molecule has 5 heteroatoms. The number of rotatable bonds is 7. The van der Waals surface area contributed by atoms with Crippen molar-refractivity contribution >= 4 is 23.2 Å². The summed E-state index contributed by atoms with van der Waals surface area (Å²) in [5.74, 6) is -0.452. The average molecular weight is 345 g/mol. The van der Waals surface area contributed by atoms with Crippen LogP contribution in [0, 0.1) is 12.8 Å². The van der Waals surface area contributed by atoms with E-state index < -0.39 is 12.1 Å². The molecule has 2 aromatic rings. The number of ether oxygens (including phenoxy) is 1. The Balaban J connectivity index is 1.96. The molecule has 1 amide bonds. The minimum absolute atomic E-state index is 0.247. The van der Waals surface area contributed by atoms with Crippen LogP contribution in [0.1, 0.15) is 41.1 Å². The topological polar surface area (TPSA) is 55.4 Å². The van der Waals surface area contributed by atoms with Crippen molar-refractivity contribution in [1.82, 2.24) is 5.32 Å². The number of hydrogen-bond acceptors (Lipinski definition) is 4. The summed E-state index contributed by atoms with van der Waals surface area (Å²) >= 11 is 1.31. The number of hydrogen-bond donors (Lipinski definition) is 1. The zero-order valence-electron chi connectivity index (χ0n) is 14.2. The van der Waals surface area contributed by atoms with Gasteiger partial charge in [-0.05, 0) is 36.3 Å². The monoisotopic (exact) mass is 345 g/mol. The van der Waals surface area contributed by atoms with E-state index in [-0.39, 0.29) is 11.8 Å². The highest BCUT2D eigenvalue weighted by Gasteiger charge is 2.24. The molecule has 1 heterocycles. The van der Waals surface area contributed by atoms with Gasteiger partial charge in [0.1, 0.15) is 4.88 Å². The fourth-order valence-corrected chi connectivity index (χ4v) is 2.83. The molecule has 0 aliphatic rings. The summed E-state index contributed by atoms with van der Waals surface area (Å²) in [6.45, 7) is 6.44. The predicted octanol–water partition coefficient (Wildman–Crippen LogP) is 3.94. The van der Waals surface area contributed by atoms with E-state index in [1.54, 1.807) is 12.1 Å². The molecule has 0 unspecified atom stereocenters. The zero-order valence-corrected chi connectivity index (χ0v) is 15.1. The quantitative estimate of drug-likeness (QED) is 0.773. The van der Waals surface area contributed by atoms with Crippen LogP contribution in [0.25, 0.3) is 0 Å². The van der Waals surface area contributed by atoms with Crippen molar-refractivity contribution in [2.75, 3.05) is 0 Å². The molecule has 0 aliphatic heterocycles. The van der Waals surface area contributed by atoms with Crippen LogP contribution < -0.4 is 5.32 Å². The number of aryl methyl sites for hydroxylation is 1. The van der Waals surface area contributed by atoms with Crippen molar-refractivity contribution in [3.05, 3.63) is 57.8 Å². The predicted molar refractivity (Wildman–Crippen MR) is 96.0 cm³/mol. The number of nitrogens with one attached hydrogen (secondary N) is 1. The maximum atomic E-state index is 12.4. The maximum Gasteiger partial charge on any atom is 0.349 e. The van der Waals surface area contributed by atoms with Gasteiger partial charge in [-0.15, -0.1) is 11.3 Å². The Labute approximate surface area is 146 Å². The van der Waals surface area contributed by atoms with Crippen molar-refractivity contribution < 1.29 is 14.3 Å². The molecular weight excluding hydrogens is 322 g/mol. The van der Waals surface area contributed by atoms with Crippen LogP contribution in [-0.2, 0) is 16.1 Å². The highest BCUT2D eigenvalue weighted by atomic mass is 32.1. The minimum atomic E-state index is -0.773. The van der Waals surface area contributed by atoms with Crippen LogP contribution in [-0.4, -0.2) is 18.0 Å². The van der Waals surface area contributed by atoms with Gasteiger partial charge in [-0.3, -0.25) is 4.79 Å². The van der Waals surface area contributed by atoms with Crippen LogP contribution >= 0.6 is 11.3 Å². The number of carbonyl (C=O) groups is 2. The molecule has 0 saturated heterocycles. The van der Waals surface area contributed by atoms with Gasteiger partial charge in [0.15, 0.2) is 6.10 Å². The van der Waals surface area contributed by atoms with E-state index in [9.17, 15) is 9.59 Å². The van der Waals surface area contributed by atoms with Gasteiger partial charge in [-0.1, -0.05) is 49.7 Å². The molecule has 2 rings (SSSR count). The molecule has 0 spiro atoms. The van der Waals surface area contributed by atoms with Gasteiger partial charge in [0.05, 0.1) is 0 Å². The Hall–Kier alpha value is -2.14. The molecule has 0 aliphatic carbocycles. The summed E-state index contributed by atoms with van der Waals surface area (Å²) in [5.41, 5.74) is 2.19. The summed E-state index contributed by atoms with van der Waals surface area (Å²) in [4.78, 5) is 25.1. The molecule has 0 bridgehead atoms. The van der Waals surface area contributed by atoms with Gasteiger partial charge in [-0.25, -0.2) is 4.79 Å². The van der Waals surface area contributed by atoms with E-state index in [1.807, 2.05) is 50.4 Å². The lowest BCUT2D eigenvalue weighted by molar-refractivity contribution is -0.130. The highest BCUT2D eigenvalue weighted by molar-refractivity contribution is 7.11. The molecule has 0 radical (unpaired) electrons. The summed E-state index contributed by atoms with van der Waals surface area (Å²) in [7, 11) is 0. The molecule has 1 aromatic carbocycles. The Bertz CT molecular complexity index is 662. The Morgan fingerprint density at radius 1 is 1.17 bits per heavy atom. The van der Waals surface area contributed by atoms with Gasteiger partial charge in [0.2, 0.25) is 0 Å². The number of esters is 1. The van der Waals surface area contributed by atoms with Gasteiger partial charge in [0.25, 0.3) is 5.91 Å². The van der Waals surface area contributed by atoms with Gasteiger partial charge >= 0.3 is 5.97 Å². The number of amides is 1. The lowest BCUT2D eigenvalue weighted by atomic mass is 10.1. The lowest BCUT2D eigenvalue weighted by Gasteiger charge is -2.19. The average Bonchev–Trinajstić information content (AvgIpc) is 3.07. The molecule has 4 nitrogen and oxygen atoms in total. The van der Waals surface area contributed by atoms with E-state index >= 15 is 0 Å².